The van der Waals surface area contributed by atoms with Crippen LogP contribution in [0.2, 0.25) is 0 Å². The van der Waals surface area contributed by atoms with E-state index in [0.29, 0.717) is 38.4 Å². The molecule has 2 fully saturated rings. The highest BCUT2D eigenvalue weighted by atomic mass is 19.3. The summed E-state index contributed by atoms with van der Waals surface area (Å²) >= 11 is 0. The maximum Gasteiger partial charge on any atom is 0.267 e. The lowest BCUT2D eigenvalue weighted by Crippen LogP contribution is -2.40. The molecule has 1 atom stereocenters. The fourth-order valence-electron chi connectivity index (χ4n) is 3.88. The number of alkyl halides is 2. The quantitative estimate of drug-likeness (QED) is 0.823. The van der Waals surface area contributed by atoms with Gasteiger partial charge in [0.2, 0.25) is 5.91 Å². The molecule has 4 rings (SSSR count). The molecule has 2 aliphatic heterocycles. The average molecular weight is 376 g/mol. The van der Waals surface area contributed by atoms with E-state index in [1.54, 1.807) is 4.57 Å². The molecule has 1 aromatic carbocycles. The Morgan fingerprint density at radius 1 is 1.22 bits per heavy atom. The van der Waals surface area contributed by atoms with Gasteiger partial charge < -0.3 is 14.2 Å². The van der Waals surface area contributed by atoms with Crippen molar-refractivity contribution < 1.29 is 18.3 Å². The van der Waals surface area contributed by atoms with E-state index in [4.69, 9.17) is 4.74 Å². The number of hydrogen-bond acceptors (Lipinski definition) is 4. The van der Waals surface area contributed by atoms with Gasteiger partial charge in [0.05, 0.1) is 19.1 Å². The summed E-state index contributed by atoms with van der Waals surface area (Å²) in [4.78, 5) is 14.3. The number of benzene rings is 1. The van der Waals surface area contributed by atoms with Gasteiger partial charge in [-0.3, -0.25) is 4.79 Å². The van der Waals surface area contributed by atoms with Crippen molar-refractivity contribution >= 4 is 5.91 Å². The summed E-state index contributed by atoms with van der Waals surface area (Å²) in [5.74, 6) is -3.00. The van der Waals surface area contributed by atoms with E-state index in [1.165, 1.54) is 11.2 Å². The van der Waals surface area contributed by atoms with Gasteiger partial charge in [0, 0.05) is 25.6 Å². The standard InChI is InChI=1S/C19H22F2N4O2/c20-19(21)10-16(25(12-19)18(26)15-6-8-27-9-7-15)17-23-22-13-24(17)11-14-4-2-1-3-5-14/h1-5,13,15-16H,6-12H2/t16-/m0/s1. The number of ether oxygens (including phenoxy) is 1. The second-order valence-corrected chi connectivity index (χ2v) is 7.23. The third-order valence-corrected chi connectivity index (χ3v) is 5.26. The average Bonchev–Trinajstić information content (AvgIpc) is 3.26. The lowest BCUT2D eigenvalue weighted by molar-refractivity contribution is -0.140. The lowest BCUT2D eigenvalue weighted by Gasteiger charge is -2.29. The molecule has 0 bridgehead atoms. The molecule has 2 aliphatic rings. The second-order valence-electron chi connectivity index (χ2n) is 7.23. The van der Waals surface area contributed by atoms with E-state index in [0.717, 1.165) is 5.56 Å². The van der Waals surface area contributed by atoms with Gasteiger partial charge in [-0.1, -0.05) is 30.3 Å². The smallest absolute Gasteiger partial charge is 0.267 e. The van der Waals surface area contributed by atoms with Crippen LogP contribution in [0.4, 0.5) is 8.78 Å². The summed E-state index contributed by atoms with van der Waals surface area (Å²) in [6, 6.07) is 8.91. The highest BCUT2D eigenvalue weighted by Gasteiger charge is 2.50. The molecule has 0 N–H and O–H groups in total. The van der Waals surface area contributed by atoms with Gasteiger partial charge in [-0.2, -0.15) is 0 Å². The Balaban J connectivity index is 1.59. The van der Waals surface area contributed by atoms with Crippen LogP contribution in [0.5, 0.6) is 0 Å². The first-order valence-corrected chi connectivity index (χ1v) is 9.21. The van der Waals surface area contributed by atoms with Crippen LogP contribution in [-0.4, -0.2) is 51.3 Å². The Morgan fingerprint density at radius 3 is 2.70 bits per heavy atom. The number of rotatable bonds is 4. The zero-order chi connectivity index (χ0) is 18.9. The van der Waals surface area contributed by atoms with Crippen LogP contribution in [0.15, 0.2) is 36.7 Å². The molecular weight excluding hydrogens is 354 g/mol. The van der Waals surface area contributed by atoms with Gasteiger partial charge >= 0.3 is 0 Å². The van der Waals surface area contributed by atoms with Crippen LogP contribution < -0.4 is 0 Å². The van der Waals surface area contributed by atoms with Crippen molar-refractivity contribution in [2.45, 2.75) is 37.8 Å². The minimum absolute atomic E-state index is 0.227. The molecule has 0 spiro atoms. The van der Waals surface area contributed by atoms with Crippen LogP contribution in [0.25, 0.3) is 0 Å². The second kappa shape index (κ2) is 7.34. The van der Waals surface area contributed by atoms with Crippen molar-refractivity contribution in [3.8, 4) is 0 Å². The minimum Gasteiger partial charge on any atom is -0.381 e. The number of hydrogen-bond donors (Lipinski definition) is 0. The molecule has 2 saturated heterocycles. The third-order valence-electron chi connectivity index (χ3n) is 5.26. The first-order valence-electron chi connectivity index (χ1n) is 9.21. The van der Waals surface area contributed by atoms with Crippen LogP contribution in [0.3, 0.4) is 0 Å². The maximum absolute atomic E-state index is 14.2. The molecule has 3 heterocycles. The Morgan fingerprint density at radius 2 is 1.96 bits per heavy atom. The van der Waals surface area contributed by atoms with Crippen LogP contribution in [0, 0.1) is 5.92 Å². The summed E-state index contributed by atoms with van der Waals surface area (Å²) < 4.78 is 35.5. The fraction of sp³-hybridized carbons (Fsp3) is 0.526. The molecule has 0 saturated carbocycles. The third kappa shape index (κ3) is 3.85. The minimum atomic E-state index is -2.92. The van der Waals surface area contributed by atoms with Crippen molar-refractivity contribution in [1.82, 2.24) is 19.7 Å². The van der Waals surface area contributed by atoms with E-state index in [1.807, 2.05) is 30.3 Å². The normalized spacial score (nSPS) is 22.9. The van der Waals surface area contributed by atoms with Gasteiger partial charge in [-0.05, 0) is 18.4 Å². The Labute approximate surface area is 156 Å². The van der Waals surface area contributed by atoms with Crippen molar-refractivity contribution in [2.75, 3.05) is 19.8 Å². The molecule has 0 radical (unpaired) electrons. The number of amides is 1. The highest BCUT2D eigenvalue weighted by Crippen LogP contribution is 2.41. The number of nitrogens with zero attached hydrogens (tertiary/aromatic N) is 4. The molecule has 1 aromatic heterocycles. The Kier molecular flexibility index (Phi) is 4.90. The highest BCUT2D eigenvalue weighted by molar-refractivity contribution is 5.79. The van der Waals surface area contributed by atoms with Crippen LogP contribution in [0.1, 0.15) is 36.7 Å². The van der Waals surface area contributed by atoms with Crippen molar-refractivity contribution in [3.63, 3.8) is 0 Å². The van der Waals surface area contributed by atoms with E-state index in [2.05, 4.69) is 10.2 Å². The SMILES string of the molecule is O=C(C1CCOCC1)N1CC(F)(F)C[C@H]1c1nncn1Cc1ccccc1. The summed E-state index contributed by atoms with van der Waals surface area (Å²) in [6.45, 7) is 0.904. The zero-order valence-electron chi connectivity index (χ0n) is 14.9. The molecule has 1 amide bonds. The maximum atomic E-state index is 14.2. The summed E-state index contributed by atoms with van der Waals surface area (Å²) in [5, 5.41) is 8.03. The van der Waals surface area contributed by atoms with Crippen LogP contribution >= 0.6 is 0 Å². The number of halogens is 2. The van der Waals surface area contributed by atoms with Gasteiger partial charge in [-0.15, -0.1) is 10.2 Å². The number of aromatic nitrogens is 3. The predicted molar refractivity (Wildman–Crippen MR) is 93.1 cm³/mol. The van der Waals surface area contributed by atoms with Gasteiger partial charge in [0.1, 0.15) is 6.33 Å². The topological polar surface area (TPSA) is 60.2 Å². The lowest BCUT2D eigenvalue weighted by atomic mass is 9.98. The predicted octanol–water partition coefficient (Wildman–Crippen LogP) is 2.66. The fourth-order valence-corrected chi connectivity index (χ4v) is 3.88. The molecule has 8 heteroatoms. The van der Waals surface area contributed by atoms with Crippen molar-refractivity contribution in [1.29, 1.82) is 0 Å². The Hall–Kier alpha value is -2.35. The molecular formula is C19H22F2N4O2. The van der Waals surface area contributed by atoms with Gasteiger partial charge in [0.15, 0.2) is 5.82 Å². The largest absolute Gasteiger partial charge is 0.381 e. The van der Waals surface area contributed by atoms with Gasteiger partial charge in [0.25, 0.3) is 5.92 Å². The van der Waals surface area contributed by atoms with Crippen LogP contribution in [-0.2, 0) is 16.1 Å². The molecule has 0 unspecified atom stereocenters. The zero-order valence-corrected chi connectivity index (χ0v) is 14.9. The van der Waals surface area contributed by atoms with Crippen molar-refractivity contribution in [3.05, 3.63) is 48.0 Å². The monoisotopic (exact) mass is 376 g/mol. The Bertz CT molecular complexity index is 790. The molecule has 144 valence electrons. The molecule has 6 nitrogen and oxygen atoms in total. The summed E-state index contributed by atoms with van der Waals surface area (Å²) in [6.07, 6.45) is 2.26. The number of carbonyl (C=O) groups is 1. The summed E-state index contributed by atoms with van der Waals surface area (Å²) in [7, 11) is 0. The first kappa shape index (κ1) is 18.0. The summed E-state index contributed by atoms with van der Waals surface area (Å²) in [5.41, 5.74) is 1.02. The van der Waals surface area contributed by atoms with Gasteiger partial charge in [-0.25, -0.2) is 8.78 Å². The van der Waals surface area contributed by atoms with E-state index < -0.39 is 24.9 Å². The van der Waals surface area contributed by atoms with E-state index in [-0.39, 0.29) is 11.8 Å². The van der Waals surface area contributed by atoms with E-state index >= 15 is 0 Å². The van der Waals surface area contributed by atoms with Crippen molar-refractivity contribution in [2.24, 2.45) is 5.92 Å². The first-order chi connectivity index (χ1) is 13.0. The number of carbonyl (C=O) groups excluding carboxylic acids is 1. The molecule has 2 aromatic rings. The molecule has 0 aliphatic carbocycles. The molecule has 27 heavy (non-hydrogen) atoms. The van der Waals surface area contributed by atoms with E-state index in [9.17, 15) is 13.6 Å². The number of likely N-dealkylation sites (tertiary alicyclic amines) is 1.